The van der Waals surface area contributed by atoms with E-state index < -0.39 is 23.4 Å². The molecule has 5 heterocycles. The fraction of sp³-hybridized carbons (Fsp3) is 0.429. The molecule has 4 aliphatic rings. The van der Waals surface area contributed by atoms with Gasteiger partial charge in [0.1, 0.15) is 34.9 Å². The average molecular weight is 556 g/mol. The van der Waals surface area contributed by atoms with Gasteiger partial charge in [0.05, 0.1) is 22.8 Å². The van der Waals surface area contributed by atoms with Crippen molar-refractivity contribution in [3.8, 4) is 22.8 Å². The Morgan fingerprint density at radius 1 is 1.18 bits per heavy atom. The Labute approximate surface area is 229 Å². The van der Waals surface area contributed by atoms with E-state index in [1.807, 2.05) is 11.8 Å². The number of amides is 1. The number of ether oxygens (including phenoxy) is 1. The molecule has 2 saturated heterocycles. The van der Waals surface area contributed by atoms with E-state index >= 15 is 4.39 Å². The maximum Gasteiger partial charge on any atom is 0.251 e. The number of hydrogen-bond donors (Lipinski definition) is 2. The zero-order valence-corrected chi connectivity index (χ0v) is 22.1. The lowest BCUT2D eigenvalue weighted by molar-refractivity contribution is -0.121. The molecule has 1 aromatic heterocycles. The second-order valence-corrected chi connectivity index (χ2v) is 11.3. The van der Waals surface area contributed by atoms with Gasteiger partial charge in [-0.1, -0.05) is 17.7 Å². The number of phenols is 1. The molecule has 2 N–H and O–H groups in total. The van der Waals surface area contributed by atoms with Crippen LogP contribution < -0.4 is 19.9 Å². The summed E-state index contributed by atoms with van der Waals surface area (Å²) in [4.78, 5) is 24.4. The van der Waals surface area contributed by atoms with Gasteiger partial charge in [-0.25, -0.2) is 13.8 Å². The summed E-state index contributed by atoms with van der Waals surface area (Å²) < 4.78 is 37.6. The minimum atomic E-state index is -0.856. The summed E-state index contributed by atoms with van der Waals surface area (Å²) in [6, 6.07) is 4.92. The first-order valence-electron chi connectivity index (χ1n) is 13.4. The summed E-state index contributed by atoms with van der Waals surface area (Å²) in [7, 11) is 0. The number of nitrogens with zero attached hydrogens (tertiary/aromatic N) is 4. The van der Waals surface area contributed by atoms with E-state index in [1.54, 1.807) is 11.0 Å². The van der Waals surface area contributed by atoms with Crippen molar-refractivity contribution < 1.29 is 23.4 Å². The molecule has 39 heavy (non-hydrogen) atoms. The number of aromatic nitrogens is 1. The van der Waals surface area contributed by atoms with Crippen molar-refractivity contribution in [3.05, 3.63) is 40.9 Å². The Kier molecular flexibility index (Phi) is 5.84. The molecular weight excluding hydrogens is 528 g/mol. The number of phenolic OH excluding ortho intramolecular Hbond substituents is 1. The first kappa shape index (κ1) is 24.8. The molecule has 0 bridgehead atoms. The van der Waals surface area contributed by atoms with Crippen LogP contribution in [0, 0.1) is 11.6 Å². The minimum absolute atomic E-state index is 0.0431. The van der Waals surface area contributed by atoms with E-state index in [0.29, 0.717) is 42.9 Å². The molecule has 4 aliphatic heterocycles. The summed E-state index contributed by atoms with van der Waals surface area (Å²) in [5.41, 5.74) is 0.517. The maximum atomic E-state index is 16.4. The number of carbonyl (C=O) groups is 1. The van der Waals surface area contributed by atoms with Crippen molar-refractivity contribution >= 4 is 39.8 Å². The molecular formula is C28H28ClF2N5O3. The number of carbonyl (C=O) groups excluding carboxylic acids is 1. The zero-order valence-electron chi connectivity index (χ0n) is 21.4. The van der Waals surface area contributed by atoms with E-state index in [0.717, 1.165) is 32.0 Å². The van der Waals surface area contributed by atoms with Crippen LogP contribution in [0.25, 0.3) is 22.0 Å². The lowest BCUT2D eigenvalue weighted by atomic mass is 9.95. The van der Waals surface area contributed by atoms with Gasteiger partial charge in [0.15, 0.2) is 5.82 Å². The Morgan fingerprint density at radius 2 is 1.97 bits per heavy atom. The number of likely N-dealkylation sites (tertiary alicyclic amines) is 1. The SMILES string of the molecule is C[C@@H]1CN2c3c4c(nc5c(F)c(-c6c(O)cccc6F)c(Cl)cc35)O[C@H](CN3CCCC3)CN4C(=O)[C@H]2CN1. The highest BCUT2D eigenvalue weighted by Crippen LogP contribution is 2.51. The number of rotatable bonds is 3. The van der Waals surface area contributed by atoms with Crippen molar-refractivity contribution in [3.63, 3.8) is 0 Å². The highest BCUT2D eigenvalue weighted by Gasteiger charge is 2.47. The number of anilines is 2. The summed E-state index contributed by atoms with van der Waals surface area (Å²) in [5.74, 6) is -1.95. The van der Waals surface area contributed by atoms with Gasteiger partial charge in [0.2, 0.25) is 5.88 Å². The first-order chi connectivity index (χ1) is 18.8. The highest BCUT2D eigenvalue weighted by atomic mass is 35.5. The number of aromatic hydroxyl groups is 1. The second kappa shape index (κ2) is 9.18. The molecule has 0 saturated carbocycles. The Morgan fingerprint density at radius 3 is 2.74 bits per heavy atom. The summed E-state index contributed by atoms with van der Waals surface area (Å²) in [6.45, 7) is 5.94. The maximum absolute atomic E-state index is 16.4. The number of halogens is 3. The van der Waals surface area contributed by atoms with Gasteiger partial charge < -0.3 is 25.0 Å². The third kappa shape index (κ3) is 3.83. The van der Waals surface area contributed by atoms with Crippen molar-refractivity contribution in [1.82, 2.24) is 15.2 Å². The topological polar surface area (TPSA) is 81.2 Å². The minimum Gasteiger partial charge on any atom is -0.507 e. The largest absolute Gasteiger partial charge is 0.507 e. The Hall–Kier alpha value is -3.21. The van der Waals surface area contributed by atoms with Crippen molar-refractivity contribution in [1.29, 1.82) is 0 Å². The second-order valence-electron chi connectivity index (χ2n) is 10.9. The number of piperazine rings is 1. The molecule has 3 atom stereocenters. The summed E-state index contributed by atoms with van der Waals surface area (Å²) in [5, 5.41) is 14.1. The Balaban J connectivity index is 1.46. The van der Waals surface area contributed by atoms with E-state index in [2.05, 4.69) is 15.2 Å². The van der Waals surface area contributed by atoms with Crippen LogP contribution in [-0.2, 0) is 4.79 Å². The fourth-order valence-corrected chi connectivity index (χ4v) is 6.77. The van der Waals surface area contributed by atoms with E-state index in [1.165, 1.54) is 12.1 Å². The van der Waals surface area contributed by atoms with Crippen LogP contribution in [0.3, 0.4) is 0 Å². The number of hydrogen-bond acceptors (Lipinski definition) is 7. The molecule has 204 valence electrons. The van der Waals surface area contributed by atoms with Gasteiger partial charge in [-0.05, 0) is 51.1 Å². The molecule has 8 nitrogen and oxygen atoms in total. The quantitative estimate of drug-likeness (QED) is 0.507. The van der Waals surface area contributed by atoms with E-state index in [-0.39, 0.29) is 45.6 Å². The van der Waals surface area contributed by atoms with Crippen molar-refractivity contribution in [2.75, 3.05) is 49.1 Å². The number of benzene rings is 2. The standard InChI is InChI=1S/C28H28ClF2N5O3/c1-14-11-35-19(10-32-14)28(38)36-13-15(12-34-7-2-3-8-34)39-27-26(36)25(35)16-9-17(29)21(23(31)24(16)33-27)22-18(30)5-4-6-20(22)37/h4-6,9,14-15,19,32,37H,2-3,7-8,10-13H2,1H3/t14-,15-,19-/m1/s1. The molecule has 0 radical (unpaired) electrons. The molecule has 0 spiro atoms. The number of pyridine rings is 1. The summed E-state index contributed by atoms with van der Waals surface area (Å²) in [6.07, 6.45) is 1.92. The van der Waals surface area contributed by atoms with Gasteiger partial charge in [-0.3, -0.25) is 9.69 Å². The molecule has 0 aliphatic carbocycles. The predicted molar refractivity (Wildman–Crippen MR) is 145 cm³/mol. The van der Waals surface area contributed by atoms with Crippen LogP contribution >= 0.6 is 11.6 Å². The molecule has 0 unspecified atom stereocenters. The van der Waals surface area contributed by atoms with Gasteiger partial charge in [0.25, 0.3) is 5.91 Å². The fourth-order valence-electron chi connectivity index (χ4n) is 6.48. The molecule has 2 fully saturated rings. The van der Waals surface area contributed by atoms with Crippen LogP contribution in [0.2, 0.25) is 5.02 Å². The average Bonchev–Trinajstić information content (AvgIpc) is 3.41. The van der Waals surface area contributed by atoms with Crippen molar-refractivity contribution in [2.24, 2.45) is 0 Å². The molecule has 3 aromatic rings. The zero-order chi connectivity index (χ0) is 27.0. The predicted octanol–water partition coefficient (Wildman–Crippen LogP) is 3.91. The third-order valence-electron chi connectivity index (χ3n) is 8.27. The van der Waals surface area contributed by atoms with Crippen LogP contribution in [0.15, 0.2) is 24.3 Å². The van der Waals surface area contributed by atoms with Gasteiger partial charge in [0, 0.05) is 36.6 Å². The van der Waals surface area contributed by atoms with E-state index in [4.69, 9.17) is 16.3 Å². The summed E-state index contributed by atoms with van der Waals surface area (Å²) >= 11 is 6.61. The number of nitrogens with one attached hydrogen (secondary N) is 1. The van der Waals surface area contributed by atoms with Gasteiger partial charge in [-0.2, -0.15) is 0 Å². The molecule has 7 rings (SSSR count). The molecule has 11 heteroatoms. The van der Waals surface area contributed by atoms with Gasteiger partial charge in [-0.15, -0.1) is 0 Å². The molecule has 2 aromatic carbocycles. The normalized spacial score (nSPS) is 24.6. The van der Waals surface area contributed by atoms with Crippen LogP contribution in [-0.4, -0.2) is 78.4 Å². The van der Waals surface area contributed by atoms with Crippen LogP contribution in [0.5, 0.6) is 11.6 Å². The first-order valence-corrected chi connectivity index (χ1v) is 13.7. The van der Waals surface area contributed by atoms with Crippen LogP contribution in [0.1, 0.15) is 19.8 Å². The van der Waals surface area contributed by atoms with Gasteiger partial charge >= 0.3 is 0 Å². The van der Waals surface area contributed by atoms with Crippen molar-refractivity contribution in [2.45, 2.75) is 38.0 Å². The lowest BCUT2D eigenvalue weighted by Gasteiger charge is -2.49. The smallest absolute Gasteiger partial charge is 0.251 e. The molecule has 1 amide bonds. The highest BCUT2D eigenvalue weighted by molar-refractivity contribution is 6.35. The van der Waals surface area contributed by atoms with E-state index in [9.17, 15) is 14.3 Å². The lowest BCUT2D eigenvalue weighted by Crippen LogP contribution is -2.66. The monoisotopic (exact) mass is 555 g/mol. The third-order valence-corrected chi connectivity index (χ3v) is 8.57. The Bertz CT molecular complexity index is 1490. The number of fused-ring (bicyclic) bond motifs is 4. The van der Waals surface area contributed by atoms with Crippen LogP contribution in [0.4, 0.5) is 20.2 Å².